The number of nitrogens with one attached hydrogen (secondary N) is 1. The Kier molecular flexibility index (Phi) is 6.49. The maximum absolute atomic E-state index is 12.5. The van der Waals surface area contributed by atoms with Gasteiger partial charge < -0.3 is 5.32 Å². The van der Waals surface area contributed by atoms with Crippen molar-refractivity contribution in [2.24, 2.45) is 5.41 Å². The molecule has 0 saturated carbocycles. The lowest BCUT2D eigenvalue weighted by molar-refractivity contribution is -0.121. The third-order valence-corrected chi connectivity index (χ3v) is 5.06. The van der Waals surface area contributed by atoms with Crippen LogP contribution in [0.15, 0.2) is 28.7 Å². The van der Waals surface area contributed by atoms with Gasteiger partial charge in [-0.25, -0.2) is 8.42 Å². The van der Waals surface area contributed by atoms with Crippen molar-refractivity contribution >= 4 is 37.5 Å². The number of anilines is 1. The van der Waals surface area contributed by atoms with Gasteiger partial charge in [-0.05, 0) is 53.7 Å². The summed E-state index contributed by atoms with van der Waals surface area (Å²) in [6.45, 7) is 9.94. The predicted octanol–water partition coefficient (Wildman–Crippen LogP) is 3.55. The van der Waals surface area contributed by atoms with Crippen molar-refractivity contribution in [2.75, 3.05) is 17.1 Å². The van der Waals surface area contributed by atoms with E-state index in [9.17, 15) is 13.2 Å². The number of carbonyl (C=O) groups is 1. The molecule has 0 aliphatic rings. The monoisotopic (exact) mass is 418 g/mol. The third-order valence-electron chi connectivity index (χ3n) is 3.26. The average Bonchev–Trinajstić information content (AvgIpc) is 2.31. The molecule has 0 unspecified atom stereocenters. The normalized spacial score (nSPS) is 12.8. The van der Waals surface area contributed by atoms with E-state index < -0.39 is 15.6 Å². The highest BCUT2D eigenvalue weighted by Crippen LogP contribution is 2.28. The zero-order valence-electron chi connectivity index (χ0n) is 15.2. The molecular weight excluding hydrogens is 392 g/mol. The van der Waals surface area contributed by atoms with E-state index in [1.165, 1.54) is 0 Å². The van der Waals surface area contributed by atoms with E-state index in [4.69, 9.17) is 0 Å². The van der Waals surface area contributed by atoms with Crippen molar-refractivity contribution in [1.29, 1.82) is 0 Å². The summed E-state index contributed by atoms with van der Waals surface area (Å²) < 4.78 is 26.0. The second-order valence-electron chi connectivity index (χ2n) is 7.89. The lowest BCUT2D eigenvalue weighted by atomic mass is 9.82. The van der Waals surface area contributed by atoms with E-state index in [-0.39, 0.29) is 17.9 Å². The Morgan fingerprint density at radius 2 is 1.71 bits per heavy atom. The first-order valence-electron chi connectivity index (χ1n) is 7.75. The van der Waals surface area contributed by atoms with Crippen LogP contribution in [0.4, 0.5) is 5.69 Å². The fourth-order valence-corrected chi connectivity index (χ4v) is 4.44. The van der Waals surface area contributed by atoms with Gasteiger partial charge in [-0.15, -0.1) is 0 Å². The van der Waals surface area contributed by atoms with Crippen molar-refractivity contribution in [3.63, 3.8) is 0 Å². The Balaban J connectivity index is 2.97. The Labute approximate surface area is 154 Å². The van der Waals surface area contributed by atoms with Crippen LogP contribution in [0.5, 0.6) is 0 Å². The van der Waals surface area contributed by atoms with Crippen LogP contribution in [0.3, 0.4) is 0 Å². The van der Waals surface area contributed by atoms with Crippen LogP contribution >= 0.6 is 15.9 Å². The number of carbonyl (C=O) groups excluding carboxylic acids is 1. The van der Waals surface area contributed by atoms with E-state index in [2.05, 4.69) is 42.0 Å². The molecule has 136 valence electrons. The fraction of sp³-hybridized carbons (Fsp3) is 0.588. The number of amides is 1. The number of sulfonamides is 1. The zero-order valence-corrected chi connectivity index (χ0v) is 17.6. The predicted molar refractivity (Wildman–Crippen MR) is 103 cm³/mol. The number of hydrogen-bond donors (Lipinski definition) is 1. The lowest BCUT2D eigenvalue weighted by Crippen LogP contribution is -2.50. The fourth-order valence-electron chi connectivity index (χ4n) is 2.95. The van der Waals surface area contributed by atoms with Crippen LogP contribution in [-0.4, -0.2) is 32.7 Å². The Bertz CT molecular complexity index is 694. The van der Waals surface area contributed by atoms with Crippen LogP contribution < -0.4 is 9.62 Å². The second kappa shape index (κ2) is 7.44. The standard InChI is InChI=1S/C17H27BrN2O3S/c1-16(2,3)12-17(4,5)19-15(21)11-20(24(6,22)23)14-10-8-7-9-13(14)18/h7-10H,11-12H2,1-6H3,(H,19,21). The molecule has 0 aliphatic heterocycles. The van der Waals surface area contributed by atoms with Gasteiger partial charge in [-0.2, -0.15) is 0 Å². The van der Waals surface area contributed by atoms with Gasteiger partial charge in [0.1, 0.15) is 6.54 Å². The molecule has 0 spiro atoms. The summed E-state index contributed by atoms with van der Waals surface area (Å²) in [4.78, 5) is 12.5. The Morgan fingerprint density at radius 1 is 1.17 bits per heavy atom. The first-order valence-corrected chi connectivity index (χ1v) is 10.4. The molecule has 1 rings (SSSR count). The highest BCUT2D eigenvalue weighted by Gasteiger charge is 2.29. The molecule has 0 radical (unpaired) electrons. The molecule has 0 saturated heterocycles. The Morgan fingerprint density at radius 3 is 2.17 bits per heavy atom. The summed E-state index contributed by atoms with van der Waals surface area (Å²) in [7, 11) is -3.58. The highest BCUT2D eigenvalue weighted by atomic mass is 79.9. The second-order valence-corrected chi connectivity index (χ2v) is 10.7. The van der Waals surface area contributed by atoms with E-state index in [0.717, 1.165) is 17.0 Å². The molecule has 7 heteroatoms. The maximum atomic E-state index is 12.5. The topological polar surface area (TPSA) is 66.5 Å². The smallest absolute Gasteiger partial charge is 0.241 e. The molecule has 0 aliphatic carbocycles. The van der Waals surface area contributed by atoms with Crippen molar-refractivity contribution in [3.8, 4) is 0 Å². The van der Waals surface area contributed by atoms with Crippen molar-refractivity contribution in [2.45, 2.75) is 46.6 Å². The van der Waals surface area contributed by atoms with Crippen LogP contribution in [0.2, 0.25) is 0 Å². The first-order chi connectivity index (χ1) is 10.7. The molecular formula is C17H27BrN2O3S. The minimum absolute atomic E-state index is 0.0513. The van der Waals surface area contributed by atoms with Crippen molar-refractivity contribution in [1.82, 2.24) is 5.32 Å². The van der Waals surface area contributed by atoms with Crippen LogP contribution in [0.1, 0.15) is 41.0 Å². The summed E-state index contributed by atoms with van der Waals surface area (Å²) >= 11 is 3.34. The number of nitrogens with zero attached hydrogens (tertiary/aromatic N) is 1. The van der Waals surface area contributed by atoms with E-state index in [1.54, 1.807) is 24.3 Å². The molecule has 1 N–H and O–H groups in total. The van der Waals surface area contributed by atoms with Gasteiger partial charge in [0.25, 0.3) is 0 Å². The minimum atomic E-state index is -3.58. The molecule has 0 atom stereocenters. The third kappa shape index (κ3) is 6.81. The van der Waals surface area contributed by atoms with Gasteiger partial charge in [0.2, 0.25) is 15.9 Å². The van der Waals surface area contributed by atoms with Crippen LogP contribution in [-0.2, 0) is 14.8 Å². The van der Waals surface area contributed by atoms with E-state index in [0.29, 0.717) is 10.2 Å². The summed E-state index contributed by atoms with van der Waals surface area (Å²) in [5.41, 5.74) is 0.0751. The average molecular weight is 419 g/mol. The molecule has 0 aromatic heterocycles. The number of para-hydroxylation sites is 1. The SMILES string of the molecule is CC(C)(C)CC(C)(C)NC(=O)CN(c1ccccc1Br)S(C)(=O)=O. The zero-order chi connectivity index (χ0) is 18.8. The minimum Gasteiger partial charge on any atom is -0.350 e. The summed E-state index contributed by atoms with van der Waals surface area (Å²) in [5, 5.41) is 2.94. The van der Waals surface area contributed by atoms with Gasteiger partial charge in [-0.3, -0.25) is 9.10 Å². The van der Waals surface area contributed by atoms with Gasteiger partial charge in [0, 0.05) is 10.0 Å². The van der Waals surface area contributed by atoms with E-state index >= 15 is 0 Å². The summed E-state index contributed by atoms with van der Waals surface area (Å²) in [6, 6.07) is 6.94. The van der Waals surface area contributed by atoms with Gasteiger partial charge >= 0.3 is 0 Å². The first kappa shape index (κ1) is 21.0. The molecule has 0 bridgehead atoms. The van der Waals surface area contributed by atoms with Crippen LogP contribution in [0.25, 0.3) is 0 Å². The number of benzene rings is 1. The van der Waals surface area contributed by atoms with Crippen molar-refractivity contribution < 1.29 is 13.2 Å². The number of halogens is 1. The van der Waals surface area contributed by atoms with Gasteiger partial charge in [-0.1, -0.05) is 32.9 Å². The molecule has 1 aromatic carbocycles. The molecule has 24 heavy (non-hydrogen) atoms. The molecule has 0 fully saturated rings. The maximum Gasteiger partial charge on any atom is 0.241 e. The number of rotatable bonds is 6. The highest BCUT2D eigenvalue weighted by molar-refractivity contribution is 9.10. The van der Waals surface area contributed by atoms with E-state index in [1.807, 2.05) is 13.8 Å². The number of hydrogen-bond acceptors (Lipinski definition) is 3. The summed E-state index contributed by atoms with van der Waals surface area (Å²) in [5.74, 6) is -0.328. The van der Waals surface area contributed by atoms with Gasteiger partial charge in [0.15, 0.2) is 0 Å². The lowest BCUT2D eigenvalue weighted by Gasteiger charge is -2.34. The summed E-state index contributed by atoms with van der Waals surface area (Å²) in [6.07, 6.45) is 1.87. The molecule has 1 aromatic rings. The Hall–Kier alpha value is -1.08. The molecule has 1 amide bonds. The largest absolute Gasteiger partial charge is 0.350 e. The molecule has 5 nitrogen and oxygen atoms in total. The van der Waals surface area contributed by atoms with Gasteiger partial charge in [0.05, 0.1) is 11.9 Å². The molecule has 0 heterocycles. The quantitative estimate of drug-likeness (QED) is 0.767. The van der Waals surface area contributed by atoms with Crippen LogP contribution in [0, 0.1) is 5.41 Å². The van der Waals surface area contributed by atoms with Crippen molar-refractivity contribution in [3.05, 3.63) is 28.7 Å².